The van der Waals surface area contributed by atoms with Crippen molar-refractivity contribution in [3.63, 3.8) is 0 Å². The van der Waals surface area contributed by atoms with Gasteiger partial charge >= 0.3 is 5.97 Å². The van der Waals surface area contributed by atoms with Gasteiger partial charge in [0, 0.05) is 34.7 Å². The molecule has 0 bridgehead atoms. The van der Waals surface area contributed by atoms with Gasteiger partial charge in [-0.05, 0) is 46.2 Å². The van der Waals surface area contributed by atoms with Crippen LogP contribution in [0, 0.1) is 0 Å². The number of benzene rings is 4. The predicted octanol–water partition coefficient (Wildman–Crippen LogP) is 6.45. The van der Waals surface area contributed by atoms with E-state index in [1.807, 2.05) is 78.9 Å². The zero-order valence-corrected chi connectivity index (χ0v) is 22.8. The van der Waals surface area contributed by atoms with E-state index >= 15 is 0 Å². The summed E-state index contributed by atoms with van der Waals surface area (Å²) < 4.78 is 6.05. The fourth-order valence-corrected chi connectivity index (χ4v) is 8.91. The molecule has 2 saturated heterocycles. The molecular formula is C31H20Cl2N2O3S. The lowest BCUT2D eigenvalue weighted by molar-refractivity contribution is -0.142. The molecule has 8 heteroatoms. The number of fused-ring (bicyclic) bond motifs is 4. The Morgan fingerprint density at radius 3 is 2.51 bits per heavy atom. The monoisotopic (exact) mass is 570 g/mol. The van der Waals surface area contributed by atoms with Crippen molar-refractivity contribution in [1.82, 2.24) is 4.90 Å². The first kappa shape index (κ1) is 23.7. The Morgan fingerprint density at radius 2 is 1.72 bits per heavy atom. The standard InChI is InChI=1S/C31H20Cl2N2O3S/c32-22-13-12-19(14-23(22)33)26-24-15-39-16-35(24)31(21-11-5-9-17-8-4-10-20(25(17)21)27(31)36)30(26)29(37)38-28(34-30)18-6-2-1-3-7-18/h1-14,24,26H,15-16H2/t24-,26-,30+,31+/m1/s1. The second-order valence-electron chi connectivity index (χ2n) is 10.4. The molecule has 1 aliphatic carbocycles. The minimum Gasteiger partial charge on any atom is -0.405 e. The van der Waals surface area contributed by atoms with Gasteiger partial charge in [-0.2, -0.15) is 0 Å². The van der Waals surface area contributed by atoms with E-state index in [4.69, 9.17) is 32.9 Å². The fourth-order valence-electron chi connectivity index (χ4n) is 7.31. The third-order valence-electron chi connectivity index (χ3n) is 8.71. The average Bonchev–Trinajstić information content (AvgIpc) is 3.68. The van der Waals surface area contributed by atoms with E-state index in [1.165, 1.54) is 0 Å². The van der Waals surface area contributed by atoms with Crippen LogP contribution in [0.15, 0.2) is 89.9 Å². The molecule has 0 aromatic heterocycles. The number of ether oxygens (including phenoxy) is 1. The molecule has 0 radical (unpaired) electrons. The summed E-state index contributed by atoms with van der Waals surface area (Å²) in [6, 6.07) is 26.4. The number of Topliss-reactive ketones (excluding diaryl/α,β-unsaturated/α-hetero) is 1. The molecule has 39 heavy (non-hydrogen) atoms. The van der Waals surface area contributed by atoms with Gasteiger partial charge in [0.1, 0.15) is 5.54 Å². The molecule has 2 fully saturated rings. The number of hydrogen-bond donors (Lipinski definition) is 0. The number of rotatable bonds is 2. The second-order valence-corrected chi connectivity index (χ2v) is 12.2. The maximum absolute atomic E-state index is 14.9. The Balaban J connectivity index is 1.50. The number of thioether (sulfide) groups is 1. The fraction of sp³-hybridized carbons (Fsp3) is 0.194. The molecule has 0 unspecified atom stereocenters. The lowest BCUT2D eigenvalue weighted by Crippen LogP contribution is -2.61. The first-order valence-corrected chi connectivity index (χ1v) is 14.6. The Morgan fingerprint density at radius 1 is 0.923 bits per heavy atom. The van der Waals surface area contributed by atoms with Gasteiger partial charge in [0.2, 0.25) is 5.90 Å². The lowest BCUT2D eigenvalue weighted by Gasteiger charge is -2.41. The van der Waals surface area contributed by atoms with E-state index in [1.54, 1.807) is 17.8 Å². The third-order valence-corrected chi connectivity index (χ3v) is 10.5. The molecule has 192 valence electrons. The maximum atomic E-state index is 14.9. The Hall–Kier alpha value is -3.16. The summed E-state index contributed by atoms with van der Waals surface area (Å²) in [4.78, 5) is 36.9. The van der Waals surface area contributed by atoms with Crippen molar-refractivity contribution in [2.75, 3.05) is 11.6 Å². The largest absolute Gasteiger partial charge is 0.405 e. The summed E-state index contributed by atoms with van der Waals surface area (Å²) >= 11 is 14.6. The van der Waals surface area contributed by atoms with Crippen LogP contribution in [0.1, 0.15) is 33.0 Å². The Labute approximate surface area is 238 Å². The Kier molecular flexibility index (Phi) is 4.97. The highest BCUT2D eigenvalue weighted by molar-refractivity contribution is 7.99. The number of ketones is 1. The molecule has 8 rings (SSSR count). The van der Waals surface area contributed by atoms with Crippen LogP contribution in [0.3, 0.4) is 0 Å². The normalized spacial score (nSPS) is 29.0. The van der Waals surface area contributed by atoms with Crippen LogP contribution in [-0.4, -0.2) is 45.8 Å². The zero-order chi connectivity index (χ0) is 26.5. The van der Waals surface area contributed by atoms with Crippen molar-refractivity contribution in [1.29, 1.82) is 0 Å². The van der Waals surface area contributed by atoms with Gasteiger partial charge in [-0.1, -0.05) is 83.9 Å². The van der Waals surface area contributed by atoms with Crippen molar-refractivity contribution in [3.8, 4) is 0 Å². The SMILES string of the molecule is O=C1OC(c2ccccc2)=N[C@@]12[C@H](c1ccc(Cl)c(Cl)c1)[C@H]1CSCN1[C@@]21C(=O)c2cccc3cccc1c23. The van der Waals surface area contributed by atoms with Crippen molar-refractivity contribution in [2.24, 2.45) is 4.99 Å². The number of cyclic esters (lactones) is 1. The van der Waals surface area contributed by atoms with E-state index in [0.29, 0.717) is 27.0 Å². The van der Waals surface area contributed by atoms with Gasteiger partial charge in [0.25, 0.3) is 0 Å². The average molecular weight is 571 g/mol. The summed E-state index contributed by atoms with van der Waals surface area (Å²) in [5.41, 5.74) is -0.00652. The molecule has 4 aromatic carbocycles. The van der Waals surface area contributed by atoms with Crippen LogP contribution in [0.5, 0.6) is 0 Å². The summed E-state index contributed by atoms with van der Waals surface area (Å²) in [7, 11) is 0. The van der Waals surface area contributed by atoms with E-state index in [9.17, 15) is 9.59 Å². The molecule has 0 saturated carbocycles. The van der Waals surface area contributed by atoms with Crippen LogP contribution in [0.25, 0.3) is 10.8 Å². The van der Waals surface area contributed by atoms with Gasteiger partial charge in [-0.15, -0.1) is 11.8 Å². The molecule has 0 N–H and O–H groups in total. The number of esters is 1. The molecule has 3 aliphatic heterocycles. The predicted molar refractivity (Wildman–Crippen MR) is 154 cm³/mol. The van der Waals surface area contributed by atoms with Crippen LogP contribution in [-0.2, 0) is 15.1 Å². The first-order valence-electron chi connectivity index (χ1n) is 12.7. The van der Waals surface area contributed by atoms with Crippen LogP contribution in [0.2, 0.25) is 10.0 Å². The van der Waals surface area contributed by atoms with Gasteiger partial charge in [-0.3, -0.25) is 9.69 Å². The molecule has 0 amide bonds. The van der Waals surface area contributed by atoms with Crippen LogP contribution >= 0.6 is 35.0 Å². The second kappa shape index (κ2) is 8.18. The van der Waals surface area contributed by atoms with Crippen molar-refractivity contribution < 1.29 is 14.3 Å². The molecule has 4 aromatic rings. The molecule has 3 heterocycles. The summed E-state index contributed by atoms with van der Waals surface area (Å²) in [5.74, 6) is 0.426. The molecule has 2 spiro atoms. The molecular weight excluding hydrogens is 551 g/mol. The molecule has 4 aliphatic rings. The number of nitrogens with zero attached hydrogens (tertiary/aromatic N) is 2. The van der Waals surface area contributed by atoms with Gasteiger partial charge in [-0.25, -0.2) is 9.79 Å². The summed E-state index contributed by atoms with van der Waals surface area (Å²) in [6.07, 6.45) is 0. The number of hydrogen-bond acceptors (Lipinski definition) is 6. The first-order chi connectivity index (χ1) is 19.0. The quantitative estimate of drug-likeness (QED) is 0.259. The van der Waals surface area contributed by atoms with E-state index in [0.717, 1.165) is 27.7 Å². The Bertz CT molecular complexity index is 1770. The van der Waals surface area contributed by atoms with Gasteiger partial charge in [0.05, 0.1) is 10.0 Å². The smallest absolute Gasteiger partial charge is 0.344 e. The highest BCUT2D eigenvalue weighted by atomic mass is 35.5. The summed E-state index contributed by atoms with van der Waals surface area (Å²) in [6.45, 7) is 0. The lowest BCUT2D eigenvalue weighted by atomic mass is 9.66. The minimum atomic E-state index is -1.56. The minimum absolute atomic E-state index is 0.112. The molecule has 5 nitrogen and oxygen atoms in total. The number of aliphatic imine (C=N–C) groups is 1. The number of carbonyl (C=O) groups excluding carboxylic acids is 2. The third kappa shape index (κ3) is 2.80. The zero-order valence-electron chi connectivity index (χ0n) is 20.4. The number of halogens is 2. The van der Waals surface area contributed by atoms with Gasteiger partial charge < -0.3 is 4.74 Å². The van der Waals surface area contributed by atoms with Gasteiger partial charge in [0.15, 0.2) is 11.3 Å². The highest BCUT2D eigenvalue weighted by Crippen LogP contribution is 2.66. The molecule has 4 atom stereocenters. The summed E-state index contributed by atoms with van der Waals surface area (Å²) in [5, 5.41) is 2.66. The van der Waals surface area contributed by atoms with E-state index < -0.39 is 23.0 Å². The van der Waals surface area contributed by atoms with Crippen LogP contribution < -0.4 is 0 Å². The number of carbonyl (C=O) groups is 2. The topological polar surface area (TPSA) is 59.0 Å². The van der Waals surface area contributed by atoms with E-state index in [-0.39, 0.29) is 17.7 Å². The van der Waals surface area contributed by atoms with Crippen molar-refractivity contribution in [2.45, 2.75) is 23.0 Å². The van der Waals surface area contributed by atoms with Crippen LogP contribution in [0.4, 0.5) is 0 Å². The highest BCUT2D eigenvalue weighted by Gasteiger charge is 2.80. The van der Waals surface area contributed by atoms with Crippen molar-refractivity contribution >= 4 is 63.4 Å². The maximum Gasteiger partial charge on any atom is 0.344 e. The van der Waals surface area contributed by atoms with Crippen molar-refractivity contribution in [3.05, 3.63) is 117 Å². The van der Waals surface area contributed by atoms with E-state index in [2.05, 4.69) is 4.90 Å².